The summed E-state index contributed by atoms with van der Waals surface area (Å²) in [5.41, 5.74) is 6.03. The molecule has 3 aliphatic rings. The van der Waals surface area contributed by atoms with Gasteiger partial charge in [-0.25, -0.2) is 9.37 Å². The molecule has 8 heteroatoms. The molecule has 0 radical (unpaired) electrons. The van der Waals surface area contributed by atoms with Gasteiger partial charge in [-0.3, -0.25) is 14.4 Å². The van der Waals surface area contributed by atoms with Gasteiger partial charge >= 0.3 is 5.97 Å². The van der Waals surface area contributed by atoms with Gasteiger partial charge in [0.2, 0.25) is 6.41 Å². The maximum atomic E-state index is 14.8. The minimum Gasteiger partial charge on any atom is -0.460 e. The zero-order valence-electron chi connectivity index (χ0n) is 18.3. The van der Waals surface area contributed by atoms with Crippen LogP contribution in [0.4, 0.5) is 4.39 Å². The maximum absolute atomic E-state index is 14.8. The Hall–Kier alpha value is -3.55. The normalized spacial score (nSPS) is 20.2. The predicted molar refractivity (Wildman–Crippen MR) is 118 cm³/mol. The third kappa shape index (κ3) is 2.60. The van der Waals surface area contributed by atoms with Crippen LogP contribution in [0.25, 0.3) is 22.3 Å². The number of rotatable bonds is 3. The third-order valence-corrected chi connectivity index (χ3v) is 7.47. The smallest absolute Gasteiger partial charge is 0.313 e. The molecule has 1 N–H and O–H groups in total. The number of ether oxygens (including phenoxy) is 1. The van der Waals surface area contributed by atoms with Crippen molar-refractivity contribution in [3.8, 4) is 11.4 Å². The number of esters is 1. The summed E-state index contributed by atoms with van der Waals surface area (Å²) in [5, 5.41) is 3.78. The van der Waals surface area contributed by atoms with E-state index in [2.05, 4.69) is 5.32 Å². The van der Waals surface area contributed by atoms with Gasteiger partial charge in [0.1, 0.15) is 12.4 Å². The zero-order chi connectivity index (χ0) is 23.0. The van der Waals surface area contributed by atoms with Gasteiger partial charge in [0, 0.05) is 17.0 Å². The van der Waals surface area contributed by atoms with Crippen LogP contribution in [0.15, 0.2) is 16.9 Å². The highest BCUT2D eigenvalue weighted by atomic mass is 19.1. The topological polar surface area (TPSA) is 90.3 Å². The van der Waals surface area contributed by atoms with Gasteiger partial charge < -0.3 is 14.6 Å². The van der Waals surface area contributed by atoms with Crippen LogP contribution in [0.5, 0.6) is 0 Å². The molecule has 7 nitrogen and oxygen atoms in total. The van der Waals surface area contributed by atoms with E-state index in [1.807, 2.05) is 13.0 Å². The largest absolute Gasteiger partial charge is 0.460 e. The van der Waals surface area contributed by atoms with Gasteiger partial charge in [-0.15, -0.1) is 0 Å². The Balaban J connectivity index is 1.68. The van der Waals surface area contributed by atoms with Gasteiger partial charge in [0.05, 0.1) is 41.0 Å². The lowest BCUT2D eigenvalue weighted by Crippen LogP contribution is -2.32. The van der Waals surface area contributed by atoms with E-state index >= 15 is 0 Å². The monoisotopic (exact) mass is 447 g/mol. The number of aromatic nitrogens is 2. The summed E-state index contributed by atoms with van der Waals surface area (Å²) < 4.78 is 21.7. The molecule has 0 bridgehead atoms. The number of nitrogens with one attached hydrogen (secondary N) is 1. The van der Waals surface area contributed by atoms with Crippen LogP contribution in [0.1, 0.15) is 65.1 Å². The molecule has 0 fully saturated rings. The number of hydrogen-bond acceptors (Lipinski definition) is 5. The van der Waals surface area contributed by atoms with Crippen LogP contribution in [-0.2, 0) is 33.9 Å². The van der Waals surface area contributed by atoms with E-state index in [9.17, 15) is 18.8 Å². The summed E-state index contributed by atoms with van der Waals surface area (Å²) in [6.45, 7) is 3.93. The van der Waals surface area contributed by atoms with Crippen molar-refractivity contribution in [2.75, 3.05) is 0 Å². The molecule has 3 aromatic rings. The van der Waals surface area contributed by atoms with Crippen molar-refractivity contribution < 1.29 is 18.7 Å². The Morgan fingerprint density at radius 2 is 2.09 bits per heavy atom. The minimum absolute atomic E-state index is 0.0355. The van der Waals surface area contributed by atoms with Crippen LogP contribution in [0.3, 0.4) is 0 Å². The molecule has 1 aromatic carbocycles. The molecular weight excluding hydrogens is 425 g/mol. The van der Waals surface area contributed by atoms with Crippen LogP contribution in [0, 0.1) is 12.7 Å². The van der Waals surface area contributed by atoms with E-state index < -0.39 is 5.92 Å². The van der Waals surface area contributed by atoms with Gasteiger partial charge in [0.25, 0.3) is 5.56 Å². The van der Waals surface area contributed by atoms with Crippen LogP contribution >= 0.6 is 0 Å². The summed E-state index contributed by atoms with van der Waals surface area (Å²) in [5.74, 6) is -1.13. The highest BCUT2D eigenvalue weighted by molar-refractivity contribution is 5.93. The van der Waals surface area contributed by atoms with Crippen molar-refractivity contribution in [1.82, 2.24) is 14.9 Å². The third-order valence-electron chi connectivity index (χ3n) is 7.47. The number of carbonyl (C=O) groups excluding carboxylic acids is 2. The Kier molecular flexibility index (Phi) is 4.24. The first kappa shape index (κ1) is 20.1. The molecule has 168 valence electrons. The van der Waals surface area contributed by atoms with E-state index in [0.29, 0.717) is 65.8 Å². The van der Waals surface area contributed by atoms with E-state index in [1.54, 1.807) is 11.5 Å². The first-order chi connectivity index (χ1) is 15.9. The Morgan fingerprint density at radius 1 is 1.27 bits per heavy atom. The molecule has 2 aliphatic heterocycles. The fraction of sp³-hybridized carbons (Fsp3) is 0.360. The fourth-order valence-corrected chi connectivity index (χ4v) is 5.83. The second kappa shape index (κ2) is 6.97. The number of halogens is 1. The highest BCUT2D eigenvalue weighted by Gasteiger charge is 2.37. The van der Waals surface area contributed by atoms with Gasteiger partial charge in [-0.05, 0) is 54.5 Å². The van der Waals surface area contributed by atoms with Gasteiger partial charge in [-0.1, -0.05) is 6.92 Å². The quantitative estimate of drug-likeness (QED) is 0.385. The van der Waals surface area contributed by atoms with Crippen molar-refractivity contribution >= 4 is 23.3 Å². The Morgan fingerprint density at radius 3 is 2.85 bits per heavy atom. The summed E-state index contributed by atoms with van der Waals surface area (Å²) in [6, 6.07) is 3.07. The average Bonchev–Trinajstić information content (AvgIpc) is 3.17. The molecule has 33 heavy (non-hydrogen) atoms. The number of benzene rings is 1. The molecule has 4 heterocycles. The number of pyridine rings is 2. The maximum Gasteiger partial charge on any atom is 0.313 e. The number of aryl methyl sites for hydroxylation is 1. The van der Waals surface area contributed by atoms with Gasteiger partial charge in [-0.2, -0.15) is 0 Å². The zero-order valence-corrected chi connectivity index (χ0v) is 18.3. The lowest BCUT2D eigenvalue weighted by molar-refractivity contribution is -0.148. The van der Waals surface area contributed by atoms with E-state index in [1.165, 1.54) is 6.07 Å². The Bertz CT molecular complexity index is 1460. The van der Waals surface area contributed by atoms with Crippen molar-refractivity contribution in [2.24, 2.45) is 0 Å². The summed E-state index contributed by atoms with van der Waals surface area (Å²) in [6.07, 6.45) is 2.49. The van der Waals surface area contributed by atoms with Crippen molar-refractivity contribution in [1.29, 1.82) is 0 Å². The molecule has 1 amide bonds. The average molecular weight is 447 g/mol. The highest BCUT2D eigenvalue weighted by Crippen LogP contribution is 2.45. The molecule has 2 unspecified atom stereocenters. The van der Waals surface area contributed by atoms with Crippen molar-refractivity contribution in [3.05, 3.63) is 61.7 Å². The second-order valence-electron chi connectivity index (χ2n) is 9.01. The molecule has 2 aromatic heterocycles. The van der Waals surface area contributed by atoms with Gasteiger partial charge in [0.15, 0.2) is 0 Å². The van der Waals surface area contributed by atoms with E-state index in [4.69, 9.17) is 9.72 Å². The molecule has 0 spiro atoms. The minimum atomic E-state index is -0.494. The number of cyclic esters (lactones) is 1. The lowest BCUT2D eigenvalue weighted by atomic mass is 9.82. The summed E-state index contributed by atoms with van der Waals surface area (Å²) in [4.78, 5) is 42.0. The number of amides is 1. The van der Waals surface area contributed by atoms with Crippen molar-refractivity contribution in [2.45, 2.75) is 58.2 Å². The lowest BCUT2D eigenvalue weighted by Gasteiger charge is -2.28. The van der Waals surface area contributed by atoms with Crippen LogP contribution < -0.4 is 10.9 Å². The predicted octanol–water partition coefficient (Wildman–Crippen LogP) is 3.16. The fourth-order valence-electron chi connectivity index (χ4n) is 5.83. The molecular formula is C25H22FN3O4. The molecule has 1 aliphatic carbocycles. The standard InChI is InChI=1S/C25H22FN3O4/c1-3-12-14-6-20-23-15(8-29(20)24(31)16(14)9-33-25(12)32)22-18(27-10-30)5-4-13-11(2)17(26)7-19(28-23)21(13)22/h6-7,10,12,18H,3-5,8-9H2,1-2H3,(H,27,30). The molecule has 0 saturated carbocycles. The number of hydrogen-bond donors (Lipinski definition) is 1. The van der Waals surface area contributed by atoms with Crippen LogP contribution in [-0.4, -0.2) is 21.9 Å². The summed E-state index contributed by atoms with van der Waals surface area (Å²) >= 11 is 0. The number of carbonyl (C=O) groups is 2. The number of nitrogens with zero attached hydrogens (tertiary/aromatic N) is 2. The first-order valence-electron chi connectivity index (χ1n) is 11.2. The second-order valence-corrected chi connectivity index (χ2v) is 9.01. The molecule has 0 saturated heterocycles. The first-order valence-corrected chi connectivity index (χ1v) is 11.2. The summed E-state index contributed by atoms with van der Waals surface area (Å²) in [7, 11) is 0. The number of fused-ring (bicyclic) bond motifs is 5. The van der Waals surface area contributed by atoms with E-state index in [0.717, 1.165) is 22.1 Å². The molecule has 6 rings (SSSR count). The van der Waals surface area contributed by atoms with E-state index in [-0.39, 0.29) is 30.0 Å². The van der Waals surface area contributed by atoms with Crippen LogP contribution in [0.2, 0.25) is 0 Å². The SMILES string of the molecule is CCC1C(=O)OCc2c1cc1n(c2=O)Cc2c-1nc1cc(F)c(C)c3c1c2C(NC=O)CC3. The molecule has 2 atom stereocenters. The van der Waals surface area contributed by atoms with Crippen molar-refractivity contribution in [3.63, 3.8) is 0 Å². The Labute approximate surface area is 188 Å².